The van der Waals surface area contributed by atoms with Gasteiger partial charge in [0.05, 0.1) is 48.1 Å². The van der Waals surface area contributed by atoms with Gasteiger partial charge in [-0.2, -0.15) is 0 Å². The summed E-state index contributed by atoms with van der Waals surface area (Å²) in [5, 5.41) is 9.72. The summed E-state index contributed by atoms with van der Waals surface area (Å²) in [6.45, 7) is 1.50. The predicted molar refractivity (Wildman–Crippen MR) is 422 cm³/mol. The average Bonchev–Trinajstić information content (AvgIpc) is 1.49. The molecule has 474 valence electrons. The highest BCUT2D eigenvalue weighted by Gasteiger charge is 2.20. The molecule has 0 bridgehead atoms. The second-order valence-electron chi connectivity index (χ2n) is 24.0. The van der Waals surface area contributed by atoms with Crippen molar-refractivity contribution in [2.24, 2.45) is 0 Å². The molecular formula is C91H58N8S2. The monoisotopic (exact) mass is 1350 g/mol. The molecule has 10 heteroatoms. The summed E-state index contributed by atoms with van der Waals surface area (Å²) < 4.78 is 169. The molecule has 0 aliphatic rings. The van der Waals surface area contributed by atoms with Crippen LogP contribution in [0.25, 0.3) is 186 Å². The Bertz CT molecular complexity index is 7480. The van der Waals surface area contributed by atoms with Crippen LogP contribution in [0.3, 0.4) is 0 Å². The number of benzene rings is 14. The topological polar surface area (TPSA) is 87.2 Å². The molecule has 8 nitrogen and oxygen atoms in total. The Morgan fingerprint density at radius 2 is 0.584 bits per heavy atom. The molecule has 0 radical (unpaired) electrons. The van der Waals surface area contributed by atoms with E-state index in [0.717, 1.165) is 55.7 Å². The van der Waals surface area contributed by atoms with Gasteiger partial charge >= 0.3 is 0 Å². The van der Waals surface area contributed by atoms with Gasteiger partial charge in [-0.1, -0.05) is 260 Å². The highest BCUT2D eigenvalue weighted by Crippen LogP contribution is 2.44. The minimum Gasteiger partial charge on any atom is -0.309 e. The molecule has 14 aromatic carbocycles. The van der Waals surface area contributed by atoms with Crippen LogP contribution in [0.4, 0.5) is 0 Å². The zero-order chi connectivity index (χ0) is 83.4. The third kappa shape index (κ3) is 10.9. The van der Waals surface area contributed by atoms with Gasteiger partial charge in [0.15, 0.2) is 34.9 Å². The van der Waals surface area contributed by atoms with Crippen LogP contribution in [0.15, 0.2) is 333 Å². The Kier molecular flexibility index (Phi) is 10.5. The number of aromatic nitrogens is 8. The summed E-state index contributed by atoms with van der Waals surface area (Å²) >= 11 is 3.60. The van der Waals surface area contributed by atoms with Gasteiger partial charge < -0.3 is 9.13 Å². The molecule has 20 aromatic rings. The predicted octanol–water partition coefficient (Wildman–Crippen LogP) is 24.3. The van der Waals surface area contributed by atoms with Crippen molar-refractivity contribution in [1.82, 2.24) is 39.0 Å². The van der Waals surface area contributed by atoms with Crippen LogP contribution in [0.5, 0.6) is 0 Å². The first-order valence-corrected chi connectivity index (χ1v) is 33.9. The van der Waals surface area contributed by atoms with Gasteiger partial charge in [-0.05, 0) is 108 Å². The fraction of sp³-hybridized carbons (Fsp3) is 0.0110. The molecule has 0 N–H and O–H groups in total. The van der Waals surface area contributed by atoms with Gasteiger partial charge in [0.1, 0.15) is 0 Å². The van der Waals surface area contributed by atoms with Gasteiger partial charge in [-0.15, -0.1) is 22.7 Å². The number of hydrogen-bond donors (Lipinski definition) is 0. The van der Waals surface area contributed by atoms with E-state index < -0.39 is 103 Å². The zero-order valence-corrected chi connectivity index (χ0v) is 54.8. The van der Waals surface area contributed by atoms with Crippen LogP contribution >= 0.6 is 22.7 Å². The van der Waals surface area contributed by atoms with E-state index in [2.05, 4.69) is 209 Å². The molecule has 0 saturated carbocycles. The number of rotatable bonds is 10. The lowest BCUT2D eigenvalue weighted by Gasteiger charge is -2.11. The van der Waals surface area contributed by atoms with Crippen LogP contribution < -0.4 is 0 Å². The van der Waals surface area contributed by atoms with Gasteiger partial charge in [0, 0.05) is 107 Å². The molecule has 6 heterocycles. The number of thiophene rings is 2. The summed E-state index contributed by atoms with van der Waals surface area (Å²) in [6, 6.07) is 64.6. The molecule has 0 spiro atoms. The molecule has 6 aromatic heterocycles. The van der Waals surface area contributed by atoms with Crippen LogP contribution in [0.2, 0.25) is 0 Å². The fourth-order valence-corrected chi connectivity index (χ4v) is 15.5. The minimum absolute atomic E-state index is 0.00892. The maximum atomic E-state index is 8.78. The summed E-state index contributed by atoms with van der Waals surface area (Å²) in [4.78, 5) is 27.1. The summed E-state index contributed by atoms with van der Waals surface area (Å²) in [7, 11) is 0. The zero-order valence-electron chi connectivity index (χ0n) is 72.2. The largest absolute Gasteiger partial charge is 0.309 e. The molecule has 0 unspecified atom stereocenters. The highest BCUT2D eigenvalue weighted by atomic mass is 32.1. The summed E-state index contributed by atoms with van der Waals surface area (Å²) in [5.74, 6) is -0.975. The molecular weight excluding hydrogens is 1270 g/mol. The third-order valence-electron chi connectivity index (χ3n) is 18.0. The standard InChI is InChI=1S/C46H30N4S.C45H28N4S/c1-29-10-9-13-34(26-29)46-48-44(32-11-3-2-4-12-32)47-45(49-46)33-20-18-30(19-21-33)31-22-24-35(25-23-31)50-40-16-7-5-14-36(40)38-28-43-39(27-41(38)50)37-15-6-8-17-42(37)51-43;1-3-11-31(12-4-1)43-46-44(32-13-5-2-6-14-32)48-45(47-43)33-21-19-29(20-22-33)30-23-25-34(26-24-30)49-39-17-9-7-15-35(39)37-27-38-36-16-8-10-18-41(36)50-42(38)28-40(37)49/h2-28H,1H3;1-28H/i2D,3D,4D,9D,10D,11D,12D,13D,26D;1D,2D,3D,4D,5D,6D,11D,12D,13D,14D. The van der Waals surface area contributed by atoms with Crippen molar-refractivity contribution in [3.63, 3.8) is 0 Å². The van der Waals surface area contributed by atoms with E-state index in [4.69, 9.17) is 26.0 Å². The molecule has 101 heavy (non-hydrogen) atoms. The van der Waals surface area contributed by atoms with E-state index in [0.29, 0.717) is 11.1 Å². The van der Waals surface area contributed by atoms with Gasteiger partial charge in [0.25, 0.3) is 0 Å². The van der Waals surface area contributed by atoms with E-state index >= 15 is 0 Å². The van der Waals surface area contributed by atoms with E-state index in [-0.39, 0.29) is 74.8 Å². The Labute approximate surface area is 616 Å². The molecule has 0 aliphatic carbocycles. The summed E-state index contributed by atoms with van der Waals surface area (Å²) in [5.41, 5.74) is 10.3. The van der Waals surface area contributed by atoms with Crippen molar-refractivity contribution in [3.8, 4) is 102 Å². The van der Waals surface area contributed by atoms with Crippen LogP contribution in [-0.4, -0.2) is 39.0 Å². The number of hydrogen-bond acceptors (Lipinski definition) is 8. The quantitative estimate of drug-likeness (QED) is 0.136. The second kappa shape index (κ2) is 24.9. The van der Waals surface area contributed by atoms with Crippen LogP contribution in [-0.2, 0) is 0 Å². The van der Waals surface area contributed by atoms with E-state index in [9.17, 15) is 0 Å². The van der Waals surface area contributed by atoms with Crippen molar-refractivity contribution in [2.75, 3.05) is 0 Å². The fourth-order valence-electron chi connectivity index (χ4n) is 13.3. The molecule has 0 atom stereocenters. The van der Waals surface area contributed by atoms with Gasteiger partial charge in [-0.3, -0.25) is 0 Å². The van der Waals surface area contributed by atoms with Crippen molar-refractivity contribution in [2.45, 2.75) is 6.92 Å². The lowest BCUT2D eigenvalue weighted by molar-refractivity contribution is 1.07. The van der Waals surface area contributed by atoms with Crippen LogP contribution in [0.1, 0.15) is 31.6 Å². The van der Waals surface area contributed by atoms with Crippen molar-refractivity contribution >= 4 is 107 Å². The SMILES string of the molecule is [2H]c1c([2H])c([2H])c(-c2nc(-c3ccc(-c4ccc(-n5c6ccccc6c6cc7c(cc65)sc5ccccc57)cc4)cc3)nc(-c3c([2H])c([2H])c([2H])c([2H])c3[2H])n2)c([2H])c1[2H].[2H]c1c([2H])c([2H])c(-c2nc(-c3ccc(-c4ccc(-n5c6ccccc6c6cc7sc8ccccc8c7cc65)cc4)cc3)nc(-c3c([2H])c([2H])c([2H])c(C)c3[2H])n2)c([2H])c1[2H]. The Balaban J connectivity index is 0.000000159. The number of para-hydroxylation sites is 2. The third-order valence-corrected chi connectivity index (χ3v) is 20.2. The van der Waals surface area contributed by atoms with Gasteiger partial charge in [0.2, 0.25) is 0 Å². The Morgan fingerprint density at radius 1 is 0.248 bits per heavy atom. The maximum Gasteiger partial charge on any atom is 0.164 e. The normalized spacial score (nSPS) is 14.2. The van der Waals surface area contributed by atoms with Gasteiger partial charge in [-0.25, -0.2) is 29.9 Å². The van der Waals surface area contributed by atoms with Crippen molar-refractivity contribution in [1.29, 1.82) is 0 Å². The Morgan fingerprint density at radius 3 is 1.04 bits per heavy atom. The first-order valence-electron chi connectivity index (χ1n) is 41.7. The molecule has 0 amide bonds. The Hall–Kier alpha value is -12.9. The van der Waals surface area contributed by atoms with E-state index in [1.165, 1.54) is 68.8 Å². The molecule has 0 fully saturated rings. The first kappa shape index (κ1) is 42.7. The smallest absolute Gasteiger partial charge is 0.164 e. The summed E-state index contributed by atoms with van der Waals surface area (Å²) in [6.07, 6.45) is 0. The van der Waals surface area contributed by atoms with E-state index in [1.54, 1.807) is 35.6 Å². The first-order chi connectivity index (χ1) is 57.8. The lowest BCUT2D eigenvalue weighted by atomic mass is 10.0. The molecule has 0 aliphatic heterocycles. The van der Waals surface area contributed by atoms with Crippen LogP contribution in [0, 0.1) is 6.92 Å². The minimum atomic E-state index is -0.598. The lowest BCUT2D eigenvalue weighted by Crippen LogP contribution is -2.00. The molecule has 20 rings (SSSR count). The highest BCUT2D eigenvalue weighted by molar-refractivity contribution is 7.26. The number of fused-ring (bicyclic) bond motifs is 12. The van der Waals surface area contributed by atoms with Crippen molar-refractivity contribution < 1.29 is 26.0 Å². The van der Waals surface area contributed by atoms with E-state index in [1.807, 2.05) is 35.6 Å². The average molecular weight is 1350 g/mol. The molecule has 0 saturated heterocycles. The number of nitrogens with zero attached hydrogens (tertiary/aromatic N) is 8. The van der Waals surface area contributed by atoms with Crippen molar-refractivity contribution in [3.05, 3.63) is 339 Å². The second-order valence-corrected chi connectivity index (χ2v) is 26.2. The maximum absolute atomic E-state index is 8.78.